The summed E-state index contributed by atoms with van der Waals surface area (Å²) in [5.74, 6) is 0.435. The van der Waals surface area contributed by atoms with Crippen molar-refractivity contribution in [3.63, 3.8) is 0 Å². The van der Waals surface area contributed by atoms with Gasteiger partial charge in [-0.05, 0) is 37.3 Å². The van der Waals surface area contributed by atoms with Gasteiger partial charge in [0, 0.05) is 11.9 Å². The van der Waals surface area contributed by atoms with Crippen molar-refractivity contribution in [1.29, 1.82) is 0 Å². The van der Waals surface area contributed by atoms with Crippen LogP contribution in [0.1, 0.15) is 38.8 Å². The fourth-order valence-electron chi connectivity index (χ4n) is 1.70. The van der Waals surface area contributed by atoms with E-state index in [1.54, 1.807) is 6.20 Å². The molecule has 1 aromatic carbocycles. The monoisotopic (exact) mass is 260 g/mol. The lowest BCUT2D eigenvalue weighted by Gasteiger charge is -2.13. The van der Waals surface area contributed by atoms with Crippen molar-refractivity contribution in [2.75, 3.05) is 5.32 Å². The molecule has 0 aliphatic rings. The summed E-state index contributed by atoms with van der Waals surface area (Å²) < 4.78 is 0. The maximum atomic E-state index is 11.9. The third kappa shape index (κ3) is 4.43. The smallest absolute Gasteiger partial charge is 0.314 e. The van der Waals surface area contributed by atoms with Gasteiger partial charge in [-0.1, -0.05) is 44.5 Å². The number of para-hydroxylation sites is 1. The molecule has 19 heavy (non-hydrogen) atoms. The molecule has 0 atom stereocenters. The van der Waals surface area contributed by atoms with Crippen LogP contribution in [0.2, 0.25) is 0 Å². The Morgan fingerprint density at radius 2 is 2.05 bits per heavy atom. The molecule has 2 amide bonds. The molecule has 1 rings (SSSR count). The number of hydrogen-bond acceptors (Lipinski definition) is 1. The Morgan fingerprint density at radius 1 is 1.37 bits per heavy atom. The number of hydrogen-bond donors (Lipinski definition) is 2. The van der Waals surface area contributed by atoms with Gasteiger partial charge in [0.2, 0.25) is 0 Å². The van der Waals surface area contributed by atoms with E-state index in [2.05, 4.69) is 31.4 Å². The highest BCUT2D eigenvalue weighted by molar-refractivity contribution is 5.91. The molecule has 0 unspecified atom stereocenters. The van der Waals surface area contributed by atoms with Gasteiger partial charge in [0.25, 0.3) is 0 Å². The lowest BCUT2D eigenvalue weighted by Crippen LogP contribution is -2.25. The maximum absolute atomic E-state index is 11.9. The first-order chi connectivity index (χ1) is 8.95. The number of aryl methyl sites for hydroxylation is 2. The third-order valence-electron chi connectivity index (χ3n) is 3.32. The Labute approximate surface area is 116 Å². The lowest BCUT2D eigenvalue weighted by molar-refractivity contribution is 0.255. The molecule has 104 valence electrons. The summed E-state index contributed by atoms with van der Waals surface area (Å²) in [4.78, 5) is 11.9. The van der Waals surface area contributed by atoms with Gasteiger partial charge in [-0.15, -0.1) is 0 Å². The van der Waals surface area contributed by atoms with Crippen LogP contribution < -0.4 is 10.6 Å². The molecular formula is C16H24N2O. The first kappa shape index (κ1) is 15.3. The molecule has 0 saturated heterocycles. The van der Waals surface area contributed by atoms with E-state index in [0.29, 0.717) is 5.92 Å². The molecule has 0 aliphatic carbocycles. The summed E-state index contributed by atoms with van der Waals surface area (Å²) >= 11 is 0. The molecule has 3 nitrogen and oxygen atoms in total. The van der Waals surface area contributed by atoms with Crippen LogP contribution in [0.5, 0.6) is 0 Å². The molecule has 0 heterocycles. The topological polar surface area (TPSA) is 41.1 Å². The van der Waals surface area contributed by atoms with Gasteiger partial charge < -0.3 is 10.6 Å². The van der Waals surface area contributed by atoms with Gasteiger partial charge in [-0.25, -0.2) is 4.79 Å². The fraction of sp³-hybridized carbons (Fsp3) is 0.438. The third-order valence-corrected chi connectivity index (χ3v) is 3.32. The molecule has 0 aromatic heterocycles. The van der Waals surface area contributed by atoms with E-state index in [9.17, 15) is 4.79 Å². The van der Waals surface area contributed by atoms with Crippen LogP contribution in [-0.4, -0.2) is 6.03 Å². The van der Waals surface area contributed by atoms with E-state index in [1.165, 1.54) is 0 Å². The normalized spacial score (nSPS) is 11.6. The predicted molar refractivity (Wildman–Crippen MR) is 81.3 cm³/mol. The summed E-state index contributed by atoms with van der Waals surface area (Å²) in [6.45, 7) is 10.3. The molecule has 2 N–H and O–H groups in total. The minimum absolute atomic E-state index is 0.191. The van der Waals surface area contributed by atoms with Gasteiger partial charge in [-0.2, -0.15) is 0 Å². The van der Waals surface area contributed by atoms with Crippen molar-refractivity contribution >= 4 is 11.7 Å². The van der Waals surface area contributed by atoms with E-state index in [1.807, 2.05) is 32.0 Å². The zero-order chi connectivity index (χ0) is 14.4. The minimum atomic E-state index is -0.191. The van der Waals surface area contributed by atoms with Gasteiger partial charge in [0.15, 0.2) is 0 Å². The second kappa shape index (κ2) is 6.98. The van der Waals surface area contributed by atoms with Crippen LogP contribution in [0.25, 0.3) is 0 Å². The zero-order valence-corrected chi connectivity index (χ0v) is 12.5. The van der Waals surface area contributed by atoms with Crippen molar-refractivity contribution in [2.45, 2.75) is 41.0 Å². The van der Waals surface area contributed by atoms with Gasteiger partial charge in [-0.3, -0.25) is 0 Å². The molecule has 0 fully saturated rings. The van der Waals surface area contributed by atoms with E-state index >= 15 is 0 Å². The molecule has 0 radical (unpaired) electrons. The second-order valence-electron chi connectivity index (χ2n) is 5.10. The largest absolute Gasteiger partial charge is 0.323 e. The zero-order valence-electron chi connectivity index (χ0n) is 12.5. The number of rotatable bonds is 4. The average molecular weight is 260 g/mol. The van der Waals surface area contributed by atoms with Crippen LogP contribution in [0.15, 0.2) is 30.0 Å². The SMILES string of the molecule is CCc1cccc(C)c1NC(=O)N/C=C(\C)C(C)C. The fourth-order valence-corrected chi connectivity index (χ4v) is 1.70. The van der Waals surface area contributed by atoms with Crippen LogP contribution >= 0.6 is 0 Å². The molecule has 0 spiro atoms. The summed E-state index contributed by atoms with van der Waals surface area (Å²) in [7, 11) is 0. The number of amides is 2. The second-order valence-corrected chi connectivity index (χ2v) is 5.10. The van der Waals surface area contributed by atoms with Crippen LogP contribution in [0.4, 0.5) is 10.5 Å². The molecule has 0 saturated carbocycles. The number of carbonyl (C=O) groups excluding carboxylic acids is 1. The van der Waals surface area contributed by atoms with Crippen LogP contribution in [0, 0.1) is 12.8 Å². The van der Waals surface area contributed by atoms with E-state index in [0.717, 1.165) is 28.8 Å². The highest BCUT2D eigenvalue weighted by atomic mass is 16.2. The summed E-state index contributed by atoms with van der Waals surface area (Å²) in [6, 6.07) is 5.87. The number of nitrogens with one attached hydrogen (secondary N) is 2. The number of urea groups is 1. The number of anilines is 1. The number of allylic oxidation sites excluding steroid dienone is 1. The van der Waals surface area contributed by atoms with Gasteiger partial charge in [0.1, 0.15) is 0 Å². The van der Waals surface area contributed by atoms with Crippen molar-refractivity contribution < 1.29 is 4.79 Å². The van der Waals surface area contributed by atoms with E-state index < -0.39 is 0 Å². The Hall–Kier alpha value is -1.77. The first-order valence-electron chi connectivity index (χ1n) is 6.78. The maximum Gasteiger partial charge on any atom is 0.323 e. The Bertz CT molecular complexity index is 476. The number of benzene rings is 1. The Balaban J connectivity index is 2.75. The quantitative estimate of drug-likeness (QED) is 0.835. The Morgan fingerprint density at radius 3 is 2.63 bits per heavy atom. The first-order valence-corrected chi connectivity index (χ1v) is 6.78. The van der Waals surface area contributed by atoms with E-state index in [4.69, 9.17) is 0 Å². The summed E-state index contributed by atoms with van der Waals surface area (Å²) in [6.07, 6.45) is 2.67. The standard InChI is InChI=1S/C16H24N2O/c1-6-14-9-7-8-12(4)15(14)18-16(19)17-10-13(5)11(2)3/h7-11H,6H2,1-5H3,(H2,17,18,19)/b13-10+. The average Bonchev–Trinajstić information content (AvgIpc) is 2.38. The Kier molecular flexibility index (Phi) is 5.61. The van der Waals surface area contributed by atoms with Gasteiger partial charge in [0.05, 0.1) is 0 Å². The van der Waals surface area contributed by atoms with Crippen molar-refractivity contribution in [3.8, 4) is 0 Å². The van der Waals surface area contributed by atoms with Gasteiger partial charge >= 0.3 is 6.03 Å². The summed E-state index contributed by atoms with van der Waals surface area (Å²) in [5, 5.41) is 5.71. The van der Waals surface area contributed by atoms with Crippen LogP contribution in [-0.2, 0) is 6.42 Å². The lowest BCUT2D eigenvalue weighted by atomic mass is 10.1. The molecule has 1 aromatic rings. The predicted octanol–water partition coefficient (Wildman–Crippen LogP) is 4.24. The highest BCUT2D eigenvalue weighted by Gasteiger charge is 2.07. The highest BCUT2D eigenvalue weighted by Crippen LogP contribution is 2.20. The van der Waals surface area contributed by atoms with Crippen LogP contribution in [0.3, 0.4) is 0 Å². The minimum Gasteiger partial charge on any atom is -0.314 e. The van der Waals surface area contributed by atoms with Crippen molar-refractivity contribution in [1.82, 2.24) is 5.32 Å². The van der Waals surface area contributed by atoms with Crippen molar-refractivity contribution in [2.24, 2.45) is 5.92 Å². The molecular weight excluding hydrogens is 236 g/mol. The molecule has 3 heteroatoms. The summed E-state index contributed by atoms with van der Waals surface area (Å²) in [5.41, 5.74) is 4.30. The van der Waals surface area contributed by atoms with Crippen molar-refractivity contribution in [3.05, 3.63) is 41.1 Å². The van der Waals surface area contributed by atoms with E-state index in [-0.39, 0.29) is 6.03 Å². The number of carbonyl (C=O) groups is 1. The molecule has 0 aliphatic heterocycles. The molecule has 0 bridgehead atoms.